The molecule has 0 aliphatic heterocycles. The van der Waals surface area contributed by atoms with Crippen LogP contribution in [0, 0.1) is 0 Å². The average molecular weight is 470 g/mol. The molecule has 6 rings (SSSR count). The summed E-state index contributed by atoms with van der Waals surface area (Å²) < 4.78 is 0. The highest BCUT2D eigenvalue weighted by Crippen LogP contribution is 2.30. The molecule has 0 N–H and O–H groups in total. The summed E-state index contributed by atoms with van der Waals surface area (Å²) in [5.74, 6) is 1.12. The number of halogens is 1. The molecule has 4 heteroatoms. The molecule has 0 aliphatic rings. The zero-order chi connectivity index (χ0) is 23.6. The highest BCUT2D eigenvalue weighted by Gasteiger charge is 2.11. The molecule has 0 fully saturated rings. The van der Waals surface area contributed by atoms with Crippen molar-refractivity contribution in [2.75, 3.05) is 0 Å². The molecule has 0 radical (unpaired) electrons. The van der Waals surface area contributed by atoms with Gasteiger partial charge in [0, 0.05) is 11.1 Å². The summed E-state index contributed by atoms with van der Waals surface area (Å²) in [6.07, 6.45) is 0. The van der Waals surface area contributed by atoms with E-state index < -0.39 is 0 Å². The van der Waals surface area contributed by atoms with E-state index in [0.717, 1.165) is 22.3 Å². The fourth-order valence-corrected chi connectivity index (χ4v) is 4.43. The van der Waals surface area contributed by atoms with Crippen molar-refractivity contribution in [3.05, 3.63) is 127 Å². The second kappa shape index (κ2) is 9.13. The van der Waals surface area contributed by atoms with Crippen LogP contribution < -0.4 is 0 Å². The quantitative estimate of drug-likeness (QED) is 0.260. The van der Waals surface area contributed by atoms with Gasteiger partial charge in [-0.2, -0.15) is 9.97 Å². The van der Waals surface area contributed by atoms with Gasteiger partial charge in [-0.3, -0.25) is 0 Å². The van der Waals surface area contributed by atoms with Crippen LogP contribution in [-0.4, -0.2) is 15.0 Å². The molecule has 1 heterocycles. The van der Waals surface area contributed by atoms with E-state index in [1.54, 1.807) is 0 Å². The Labute approximate surface area is 208 Å². The molecule has 166 valence electrons. The second-order valence-corrected chi connectivity index (χ2v) is 8.68. The molecule has 0 atom stereocenters. The van der Waals surface area contributed by atoms with E-state index in [0.29, 0.717) is 11.6 Å². The molecule has 0 bridgehead atoms. The van der Waals surface area contributed by atoms with Crippen LogP contribution in [-0.2, 0) is 0 Å². The lowest BCUT2D eigenvalue weighted by Crippen LogP contribution is -1.97. The molecule has 0 saturated heterocycles. The Kier molecular flexibility index (Phi) is 5.53. The van der Waals surface area contributed by atoms with Crippen molar-refractivity contribution in [3.63, 3.8) is 0 Å². The summed E-state index contributed by atoms with van der Waals surface area (Å²) in [6, 6.07) is 41.6. The molecule has 6 aromatic rings. The van der Waals surface area contributed by atoms with Gasteiger partial charge in [0.25, 0.3) is 0 Å². The smallest absolute Gasteiger partial charge is 0.208 e. The molecular weight excluding hydrogens is 450 g/mol. The maximum absolute atomic E-state index is 6.27. The summed E-state index contributed by atoms with van der Waals surface area (Å²) in [7, 11) is 0. The fraction of sp³-hybridized carbons (Fsp3) is 0. The number of nitrogens with zero attached hydrogens (tertiary/aromatic N) is 3. The molecule has 0 saturated carbocycles. The Hall–Kier alpha value is -4.34. The van der Waals surface area contributed by atoms with Crippen molar-refractivity contribution in [1.82, 2.24) is 15.0 Å². The third-order valence-electron chi connectivity index (χ3n) is 6.04. The van der Waals surface area contributed by atoms with E-state index in [4.69, 9.17) is 16.6 Å². The Morgan fingerprint density at radius 2 is 0.857 bits per heavy atom. The van der Waals surface area contributed by atoms with E-state index in [9.17, 15) is 0 Å². The van der Waals surface area contributed by atoms with E-state index in [2.05, 4.69) is 82.8 Å². The van der Waals surface area contributed by atoms with Crippen molar-refractivity contribution < 1.29 is 0 Å². The lowest BCUT2D eigenvalue weighted by molar-refractivity contribution is 1.07. The van der Waals surface area contributed by atoms with Crippen LogP contribution in [0.1, 0.15) is 0 Å². The van der Waals surface area contributed by atoms with E-state index in [1.807, 2.05) is 48.5 Å². The molecular formula is C31H20ClN3. The van der Waals surface area contributed by atoms with Gasteiger partial charge in [-0.25, -0.2) is 4.98 Å². The minimum Gasteiger partial charge on any atom is -0.208 e. The lowest BCUT2D eigenvalue weighted by atomic mass is 9.97. The zero-order valence-corrected chi connectivity index (χ0v) is 19.5. The van der Waals surface area contributed by atoms with Crippen LogP contribution in [0.2, 0.25) is 5.28 Å². The summed E-state index contributed by atoms with van der Waals surface area (Å²) in [6.45, 7) is 0. The lowest BCUT2D eigenvalue weighted by Gasteiger charge is -2.09. The van der Waals surface area contributed by atoms with Crippen molar-refractivity contribution in [3.8, 4) is 45.0 Å². The van der Waals surface area contributed by atoms with Gasteiger partial charge in [0.15, 0.2) is 11.6 Å². The average Bonchev–Trinajstić information content (AvgIpc) is 2.93. The van der Waals surface area contributed by atoms with Crippen LogP contribution in [0.3, 0.4) is 0 Å². The van der Waals surface area contributed by atoms with Gasteiger partial charge in [0.05, 0.1) is 0 Å². The molecule has 5 aromatic carbocycles. The minimum absolute atomic E-state index is 0.180. The van der Waals surface area contributed by atoms with Crippen LogP contribution in [0.15, 0.2) is 121 Å². The van der Waals surface area contributed by atoms with Gasteiger partial charge in [-0.15, -0.1) is 0 Å². The van der Waals surface area contributed by atoms with E-state index >= 15 is 0 Å². The summed E-state index contributed by atoms with van der Waals surface area (Å²) >= 11 is 6.27. The van der Waals surface area contributed by atoms with Gasteiger partial charge in [0.1, 0.15) is 0 Å². The predicted molar refractivity (Wildman–Crippen MR) is 144 cm³/mol. The Balaban J connectivity index is 1.36. The second-order valence-electron chi connectivity index (χ2n) is 8.34. The topological polar surface area (TPSA) is 38.7 Å². The van der Waals surface area contributed by atoms with Crippen LogP contribution in [0.25, 0.3) is 55.8 Å². The third kappa shape index (κ3) is 4.42. The summed E-state index contributed by atoms with van der Waals surface area (Å²) in [4.78, 5) is 13.4. The minimum atomic E-state index is 0.180. The summed E-state index contributed by atoms with van der Waals surface area (Å²) in [5, 5.41) is 2.59. The van der Waals surface area contributed by atoms with Crippen molar-refractivity contribution in [1.29, 1.82) is 0 Å². The Morgan fingerprint density at radius 1 is 0.371 bits per heavy atom. The number of benzene rings is 5. The number of hydrogen-bond acceptors (Lipinski definition) is 3. The highest BCUT2D eigenvalue weighted by molar-refractivity contribution is 6.28. The van der Waals surface area contributed by atoms with E-state index in [-0.39, 0.29) is 5.28 Å². The predicted octanol–water partition coefficient (Wildman–Crippen LogP) is 8.35. The third-order valence-corrected chi connectivity index (χ3v) is 6.21. The maximum atomic E-state index is 6.27. The first-order valence-corrected chi connectivity index (χ1v) is 11.8. The zero-order valence-electron chi connectivity index (χ0n) is 18.8. The molecule has 0 unspecified atom stereocenters. The molecule has 0 amide bonds. The molecule has 1 aromatic heterocycles. The number of aromatic nitrogens is 3. The molecule has 0 aliphatic carbocycles. The standard InChI is InChI=1S/C31H20ClN3/c32-31-34-29(22-10-5-2-6-11-22)33-30(35-31)28-13-7-12-23(20-28)25-16-17-26-18-24(14-15-27(26)19-25)21-8-3-1-4-9-21/h1-20H. The van der Waals surface area contributed by atoms with Gasteiger partial charge >= 0.3 is 0 Å². The van der Waals surface area contributed by atoms with Crippen LogP contribution >= 0.6 is 11.6 Å². The molecule has 0 spiro atoms. The number of rotatable bonds is 4. The van der Waals surface area contributed by atoms with Gasteiger partial charge < -0.3 is 0 Å². The fourth-order valence-electron chi connectivity index (χ4n) is 4.27. The van der Waals surface area contributed by atoms with Gasteiger partial charge in [-0.05, 0) is 62.8 Å². The number of hydrogen-bond donors (Lipinski definition) is 0. The summed E-state index contributed by atoms with van der Waals surface area (Å²) in [5.41, 5.74) is 6.46. The van der Waals surface area contributed by atoms with Crippen LogP contribution in [0.4, 0.5) is 0 Å². The normalized spacial score (nSPS) is 11.0. The van der Waals surface area contributed by atoms with Crippen molar-refractivity contribution in [2.24, 2.45) is 0 Å². The van der Waals surface area contributed by atoms with Gasteiger partial charge in [0.2, 0.25) is 5.28 Å². The van der Waals surface area contributed by atoms with Gasteiger partial charge in [-0.1, -0.05) is 103 Å². The SMILES string of the molecule is Clc1nc(-c2ccccc2)nc(-c2cccc(-c3ccc4cc(-c5ccccc5)ccc4c3)c2)n1. The van der Waals surface area contributed by atoms with Crippen molar-refractivity contribution >= 4 is 22.4 Å². The maximum Gasteiger partial charge on any atom is 0.226 e. The Bertz CT molecular complexity index is 1650. The first-order chi connectivity index (χ1) is 17.2. The Morgan fingerprint density at radius 3 is 1.51 bits per heavy atom. The largest absolute Gasteiger partial charge is 0.226 e. The molecule has 3 nitrogen and oxygen atoms in total. The molecule has 35 heavy (non-hydrogen) atoms. The first kappa shape index (κ1) is 21.2. The monoisotopic (exact) mass is 469 g/mol. The first-order valence-electron chi connectivity index (χ1n) is 11.4. The van der Waals surface area contributed by atoms with E-state index in [1.165, 1.54) is 21.9 Å². The van der Waals surface area contributed by atoms with Crippen LogP contribution in [0.5, 0.6) is 0 Å². The number of fused-ring (bicyclic) bond motifs is 1. The van der Waals surface area contributed by atoms with Crippen molar-refractivity contribution in [2.45, 2.75) is 0 Å². The highest BCUT2D eigenvalue weighted by atomic mass is 35.5.